The summed E-state index contributed by atoms with van der Waals surface area (Å²) in [6, 6.07) is 6.78. The maximum absolute atomic E-state index is 5.93. The second-order valence-electron chi connectivity index (χ2n) is 4.79. The zero-order valence-corrected chi connectivity index (χ0v) is 13.4. The summed E-state index contributed by atoms with van der Waals surface area (Å²) in [4.78, 5) is 4.76. The van der Waals surface area contributed by atoms with E-state index in [1.54, 1.807) is 0 Å². The third kappa shape index (κ3) is 3.09. The summed E-state index contributed by atoms with van der Waals surface area (Å²) in [5.41, 5.74) is 3.65. The molecule has 1 heterocycles. The van der Waals surface area contributed by atoms with E-state index in [1.165, 1.54) is 11.1 Å². The van der Waals surface area contributed by atoms with Gasteiger partial charge in [0.2, 0.25) is 0 Å². The summed E-state index contributed by atoms with van der Waals surface area (Å²) in [5.74, 6) is 4.01. The lowest BCUT2D eigenvalue weighted by Crippen LogP contribution is -2.12. The van der Waals surface area contributed by atoms with Gasteiger partial charge in [0.15, 0.2) is 0 Å². The number of para-hydroxylation sites is 1. The number of thioether (sulfide) groups is 1. The molecule has 19 heavy (non-hydrogen) atoms. The van der Waals surface area contributed by atoms with E-state index in [0.717, 1.165) is 29.3 Å². The molecular weight excluding hydrogens is 276 g/mol. The first-order chi connectivity index (χ1) is 9.19. The molecule has 0 fully saturated rings. The van der Waals surface area contributed by atoms with Gasteiger partial charge in [-0.2, -0.15) is 11.8 Å². The van der Waals surface area contributed by atoms with Crippen molar-refractivity contribution in [3.8, 4) is 0 Å². The van der Waals surface area contributed by atoms with E-state index < -0.39 is 0 Å². The van der Waals surface area contributed by atoms with Crippen molar-refractivity contribution in [3.05, 3.63) is 29.6 Å². The number of rotatable bonds is 6. The van der Waals surface area contributed by atoms with Crippen LogP contribution >= 0.6 is 23.4 Å². The standard InChI is InChI=1S/C15H21ClN2S/c1-4-19-10-12(3)18-14(8-9-16)17-13-7-5-6-11(2)15(13)18/h5-7,12H,4,8-10H2,1-3H3. The molecule has 1 unspecified atom stereocenters. The first kappa shape index (κ1) is 14.7. The van der Waals surface area contributed by atoms with Crippen LogP contribution in [0.25, 0.3) is 11.0 Å². The molecule has 0 N–H and O–H groups in total. The van der Waals surface area contributed by atoms with Gasteiger partial charge in [-0.3, -0.25) is 0 Å². The summed E-state index contributed by atoms with van der Waals surface area (Å²) in [5, 5.41) is 0. The topological polar surface area (TPSA) is 17.8 Å². The molecule has 0 spiro atoms. The molecule has 0 aliphatic heterocycles. The Bertz CT molecular complexity index is 550. The zero-order chi connectivity index (χ0) is 13.8. The summed E-state index contributed by atoms with van der Waals surface area (Å²) in [7, 11) is 0. The van der Waals surface area contributed by atoms with Crippen molar-refractivity contribution in [2.45, 2.75) is 33.2 Å². The van der Waals surface area contributed by atoms with E-state index in [9.17, 15) is 0 Å². The third-order valence-corrected chi connectivity index (χ3v) is 4.62. The van der Waals surface area contributed by atoms with Gasteiger partial charge in [0, 0.05) is 24.1 Å². The SMILES string of the molecule is CCSCC(C)n1c(CCCl)nc2cccc(C)c21. The molecular formula is C15H21ClN2S. The van der Waals surface area contributed by atoms with Gasteiger partial charge in [0.05, 0.1) is 11.0 Å². The van der Waals surface area contributed by atoms with Gasteiger partial charge >= 0.3 is 0 Å². The second kappa shape index (κ2) is 6.67. The average Bonchev–Trinajstić information content (AvgIpc) is 2.76. The Labute approximate surface area is 124 Å². The number of aryl methyl sites for hydroxylation is 2. The third-order valence-electron chi connectivity index (χ3n) is 3.31. The summed E-state index contributed by atoms with van der Waals surface area (Å²) in [6.45, 7) is 6.63. The Morgan fingerprint density at radius 1 is 1.42 bits per heavy atom. The Hall–Kier alpha value is -0.670. The molecule has 2 rings (SSSR count). The molecule has 0 amide bonds. The van der Waals surface area contributed by atoms with Crippen LogP contribution in [0.5, 0.6) is 0 Å². The number of imidazole rings is 1. The predicted octanol–water partition coefficient (Wildman–Crippen LogP) is 4.44. The molecule has 2 aromatic rings. The molecule has 0 saturated heterocycles. The number of hydrogen-bond acceptors (Lipinski definition) is 2. The molecule has 0 radical (unpaired) electrons. The highest BCUT2D eigenvalue weighted by Gasteiger charge is 2.16. The van der Waals surface area contributed by atoms with Crippen LogP contribution in [-0.4, -0.2) is 26.9 Å². The van der Waals surface area contributed by atoms with Crippen molar-refractivity contribution in [1.82, 2.24) is 9.55 Å². The number of aromatic nitrogens is 2. The molecule has 1 aromatic carbocycles. The van der Waals surface area contributed by atoms with Crippen LogP contribution in [0.4, 0.5) is 0 Å². The van der Waals surface area contributed by atoms with Crippen molar-refractivity contribution in [3.63, 3.8) is 0 Å². The number of benzene rings is 1. The van der Waals surface area contributed by atoms with Crippen LogP contribution in [0.3, 0.4) is 0 Å². The van der Waals surface area contributed by atoms with E-state index in [-0.39, 0.29) is 0 Å². The van der Waals surface area contributed by atoms with Gasteiger partial charge in [-0.05, 0) is 31.2 Å². The Kier molecular flexibility index (Phi) is 5.17. The highest BCUT2D eigenvalue weighted by molar-refractivity contribution is 7.99. The normalized spacial score (nSPS) is 13.1. The summed E-state index contributed by atoms with van der Waals surface area (Å²) >= 11 is 7.90. The number of halogens is 1. The molecule has 0 saturated carbocycles. The van der Waals surface area contributed by atoms with Gasteiger partial charge in [0.25, 0.3) is 0 Å². The summed E-state index contributed by atoms with van der Waals surface area (Å²) in [6.07, 6.45) is 0.830. The fourth-order valence-electron chi connectivity index (χ4n) is 2.47. The highest BCUT2D eigenvalue weighted by atomic mass is 35.5. The van der Waals surface area contributed by atoms with Crippen molar-refractivity contribution in [2.24, 2.45) is 0 Å². The zero-order valence-electron chi connectivity index (χ0n) is 11.8. The Balaban J connectivity index is 2.50. The van der Waals surface area contributed by atoms with Gasteiger partial charge in [-0.1, -0.05) is 19.1 Å². The lowest BCUT2D eigenvalue weighted by molar-refractivity contribution is 0.596. The Morgan fingerprint density at radius 2 is 2.21 bits per heavy atom. The summed E-state index contributed by atoms with van der Waals surface area (Å²) < 4.78 is 2.38. The van der Waals surface area contributed by atoms with E-state index in [4.69, 9.17) is 16.6 Å². The highest BCUT2D eigenvalue weighted by Crippen LogP contribution is 2.26. The molecule has 2 nitrogen and oxygen atoms in total. The number of fused-ring (bicyclic) bond motifs is 1. The largest absolute Gasteiger partial charge is 0.324 e. The molecule has 4 heteroatoms. The van der Waals surface area contributed by atoms with Crippen LogP contribution < -0.4 is 0 Å². The smallest absolute Gasteiger partial charge is 0.111 e. The predicted molar refractivity (Wildman–Crippen MR) is 86.6 cm³/mol. The lowest BCUT2D eigenvalue weighted by Gasteiger charge is -2.17. The van der Waals surface area contributed by atoms with Gasteiger partial charge in [-0.15, -0.1) is 11.6 Å². The van der Waals surface area contributed by atoms with Gasteiger partial charge < -0.3 is 4.57 Å². The molecule has 0 bridgehead atoms. The van der Waals surface area contributed by atoms with Gasteiger partial charge in [0.1, 0.15) is 5.82 Å². The quantitative estimate of drug-likeness (QED) is 0.733. The first-order valence-electron chi connectivity index (χ1n) is 6.79. The number of hydrogen-bond donors (Lipinski definition) is 0. The molecule has 104 valence electrons. The fraction of sp³-hybridized carbons (Fsp3) is 0.533. The number of alkyl halides is 1. The van der Waals surface area contributed by atoms with E-state index in [1.807, 2.05) is 11.8 Å². The van der Waals surface area contributed by atoms with Crippen LogP contribution in [0.1, 0.15) is 31.3 Å². The van der Waals surface area contributed by atoms with Gasteiger partial charge in [-0.25, -0.2) is 4.98 Å². The monoisotopic (exact) mass is 296 g/mol. The van der Waals surface area contributed by atoms with Crippen molar-refractivity contribution >= 4 is 34.4 Å². The van der Waals surface area contributed by atoms with E-state index in [0.29, 0.717) is 11.9 Å². The molecule has 1 aromatic heterocycles. The minimum absolute atomic E-state index is 0.453. The Morgan fingerprint density at radius 3 is 2.89 bits per heavy atom. The second-order valence-corrected chi connectivity index (χ2v) is 6.49. The van der Waals surface area contributed by atoms with Crippen LogP contribution in [0, 0.1) is 6.92 Å². The minimum atomic E-state index is 0.453. The first-order valence-corrected chi connectivity index (χ1v) is 8.48. The maximum Gasteiger partial charge on any atom is 0.111 e. The maximum atomic E-state index is 5.93. The molecule has 0 aliphatic rings. The van der Waals surface area contributed by atoms with Crippen molar-refractivity contribution in [2.75, 3.05) is 17.4 Å². The fourth-order valence-corrected chi connectivity index (χ4v) is 3.36. The van der Waals surface area contributed by atoms with Crippen LogP contribution in [-0.2, 0) is 6.42 Å². The molecule has 1 atom stereocenters. The molecule has 0 aliphatic carbocycles. The number of nitrogens with zero attached hydrogens (tertiary/aromatic N) is 2. The van der Waals surface area contributed by atoms with Crippen LogP contribution in [0.2, 0.25) is 0 Å². The van der Waals surface area contributed by atoms with E-state index >= 15 is 0 Å². The van der Waals surface area contributed by atoms with Crippen LogP contribution in [0.15, 0.2) is 18.2 Å². The van der Waals surface area contributed by atoms with Crippen molar-refractivity contribution < 1.29 is 0 Å². The average molecular weight is 297 g/mol. The minimum Gasteiger partial charge on any atom is -0.324 e. The lowest BCUT2D eigenvalue weighted by atomic mass is 10.2. The van der Waals surface area contributed by atoms with E-state index in [2.05, 4.69) is 43.5 Å². The van der Waals surface area contributed by atoms with Crippen molar-refractivity contribution in [1.29, 1.82) is 0 Å².